The maximum absolute atomic E-state index is 13.2. The van der Waals surface area contributed by atoms with Gasteiger partial charge in [0.15, 0.2) is 0 Å². The van der Waals surface area contributed by atoms with Crippen molar-refractivity contribution in [1.82, 2.24) is 19.0 Å². The summed E-state index contributed by atoms with van der Waals surface area (Å²) in [7, 11) is 5.94. The van der Waals surface area contributed by atoms with Crippen LogP contribution in [0.15, 0.2) is 59.8 Å². The lowest BCUT2D eigenvalue weighted by Crippen LogP contribution is -2.29. The third kappa shape index (κ3) is 5.41. The Hall–Kier alpha value is -3.16. The summed E-state index contributed by atoms with van der Waals surface area (Å²) in [6.07, 6.45) is 10.3. The first-order valence-corrected chi connectivity index (χ1v) is 12.3. The fourth-order valence-corrected chi connectivity index (χ4v) is 4.64. The smallest absolute Gasteiger partial charge is 0.329 e. The lowest BCUT2D eigenvalue weighted by molar-refractivity contribution is 0.0697. The second-order valence-electron chi connectivity index (χ2n) is 9.39. The first-order chi connectivity index (χ1) is 16.9. The summed E-state index contributed by atoms with van der Waals surface area (Å²) < 4.78 is 15.0. The van der Waals surface area contributed by atoms with Crippen molar-refractivity contribution >= 4 is 27.5 Å². The van der Waals surface area contributed by atoms with Gasteiger partial charge in [0.25, 0.3) is 0 Å². The molecule has 0 spiro atoms. The number of aromatic nitrogens is 3. The van der Waals surface area contributed by atoms with E-state index in [9.17, 15) is 4.79 Å². The van der Waals surface area contributed by atoms with Crippen molar-refractivity contribution in [2.45, 2.75) is 32.2 Å². The first-order valence-electron chi connectivity index (χ1n) is 12.3. The third-order valence-electron chi connectivity index (χ3n) is 6.60. The van der Waals surface area contributed by atoms with Crippen LogP contribution in [0.4, 0.5) is 0 Å². The van der Waals surface area contributed by atoms with E-state index in [2.05, 4.69) is 42.7 Å². The maximum atomic E-state index is 13.2. The van der Waals surface area contributed by atoms with Gasteiger partial charge >= 0.3 is 5.69 Å². The number of benzene rings is 1. The zero-order chi connectivity index (χ0) is 24.9. The van der Waals surface area contributed by atoms with Gasteiger partial charge in [0, 0.05) is 38.2 Å². The molecule has 2 aromatic heterocycles. The molecular formula is C28H36N4O3. The normalized spacial score (nSPS) is 15.9. The van der Waals surface area contributed by atoms with Crippen LogP contribution in [0, 0.1) is 0 Å². The molecule has 7 heteroatoms. The number of imidazole rings is 1. The molecule has 35 heavy (non-hydrogen) atoms. The Morgan fingerprint density at radius 3 is 2.77 bits per heavy atom. The third-order valence-corrected chi connectivity index (χ3v) is 6.60. The number of hydrogen-bond donors (Lipinski definition) is 0. The molecular weight excluding hydrogens is 440 g/mol. The van der Waals surface area contributed by atoms with Crippen molar-refractivity contribution in [3.63, 3.8) is 0 Å². The highest BCUT2D eigenvalue weighted by atomic mass is 16.5. The van der Waals surface area contributed by atoms with Crippen LogP contribution in [0.5, 0.6) is 0 Å². The van der Waals surface area contributed by atoms with Gasteiger partial charge in [-0.05, 0) is 69.6 Å². The molecule has 7 nitrogen and oxygen atoms in total. The van der Waals surface area contributed by atoms with E-state index in [1.54, 1.807) is 10.8 Å². The number of nitrogens with zero attached hydrogens (tertiary/aromatic N) is 4. The van der Waals surface area contributed by atoms with Crippen LogP contribution in [0.25, 0.3) is 27.5 Å². The SMILES string of the molecule is C=C/C(=C\C=C(/C)OCCCN(C)C)c1ccc2ncc3c(c2c1)n(C1CCOCC1)c(=O)n3C. The van der Waals surface area contributed by atoms with Gasteiger partial charge in [-0.15, -0.1) is 0 Å². The Balaban J connectivity index is 1.72. The van der Waals surface area contributed by atoms with Gasteiger partial charge in [-0.3, -0.25) is 14.1 Å². The van der Waals surface area contributed by atoms with Crippen molar-refractivity contribution in [2.24, 2.45) is 7.05 Å². The molecule has 0 amide bonds. The molecule has 1 saturated heterocycles. The van der Waals surface area contributed by atoms with E-state index in [-0.39, 0.29) is 11.7 Å². The second-order valence-corrected chi connectivity index (χ2v) is 9.39. The highest BCUT2D eigenvalue weighted by Crippen LogP contribution is 2.31. The number of hydrogen-bond acceptors (Lipinski definition) is 5. The topological polar surface area (TPSA) is 61.5 Å². The molecule has 0 bridgehead atoms. The summed E-state index contributed by atoms with van der Waals surface area (Å²) in [6.45, 7) is 9.04. The minimum atomic E-state index is -0.00365. The Morgan fingerprint density at radius 2 is 2.06 bits per heavy atom. The number of pyridine rings is 1. The Bertz CT molecular complexity index is 1320. The van der Waals surface area contributed by atoms with E-state index in [1.165, 1.54) is 0 Å². The number of rotatable bonds is 9. The van der Waals surface area contributed by atoms with Gasteiger partial charge in [-0.25, -0.2) is 4.79 Å². The molecule has 4 rings (SSSR count). The average Bonchev–Trinajstić information content (AvgIpc) is 3.12. The van der Waals surface area contributed by atoms with Gasteiger partial charge in [0.1, 0.15) is 0 Å². The summed E-state index contributed by atoms with van der Waals surface area (Å²) in [6, 6.07) is 6.31. The molecule has 1 fully saturated rings. The van der Waals surface area contributed by atoms with Crippen LogP contribution in [0.2, 0.25) is 0 Å². The summed E-state index contributed by atoms with van der Waals surface area (Å²) in [4.78, 5) is 20.0. The van der Waals surface area contributed by atoms with E-state index < -0.39 is 0 Å². The van der Waals surface area contributed by atoms with Crippen LogP contribution in [0.1, 0.15) is 37.8 Å². The Morgan fingerprint density at radius 1 is 1.29 bits per heavy atom. The van der Waals surface area contributed by atoms with Gasteiger partial charge in [0.2, 0.25) is 0 Å². The number of ether oxygens (including phenoxy) is 2. The van der Waals surface area contributed by atoms with E-state index in [4.69, 9.17) is 9.47 Å². The van der Waals surface area contributed by atoms with Crippen LogP contribution in [0.3, 0.4) is 0 Å². The van der Waals surface area contributed by atoms with Gasteiger partial charge in [-0.1, -0.05) is 24.8 Å². The van der Waals surface area contributed by atoms with Crippen LogP contribution >= 0.6 is 0 Å². The summed E-state index contributed by atoms with van der Waals surface area (Å²) in [5.74, 6) is 0.865. The standard InChI is InChI=1S/C28H36N4O3/c1-6-21(9-8-20(2)35-15-7-14-30(3)4)22-10-11-25-24(18-22)27-26(19-29-25)31(5)28(33)32(27)23-12-16-34-17-13-23/h6,8-11,18-19,23H,1,7,12-17H2,2-5H3/b20-8+,21-9+. The predicted octanol–water partition coefficient (Wildman–Crippen LogP) is 4.68. The summed E-state index contributed by atoms with van der Waals surface area (Å²) >= 11 is 0. The van der Waals surface area contributed by atoms with Crippen molar-refractivity contribution in [2.75, 3.05) is 40.5 Å². The van der Waals surface area contributed by atoms with Gasteiger partial charge in [-0.2, -0.15) is 0 Å². The highest BCUT2D eigenvalue weighted by molar-refractivity contribution is 6.03. The van der Waals surface area contributed by atoms with Crippen molar-refractivity contribution < 1.29 is 9.47 Å². The monoisotopic (exact) mass is 476 g/mol. The van der Waals surface area contributed by atoms with E-state index >= 15 is 0 Å². The Kier molecular flexibility index (Phi) is 7.88. The number of fused-ring (bicyclic) bond motifs is 3. The van der Waals surface area contributed by atoms with Crippen molar-refractivity contribution in [3.05, 3.63) is 71.0 Å². The van der Waals surface area contributed by atoms with Crippen molar-refractivity contribution in [3.8, 4) is 0 Å². The molecule has 1 aliphatic heterocycles. The minimum absolute atomic E-state index is 0.00365. The predicted molar refractivity (Wildman–Crippen MR) is 143 cm³/mol. The minimum Gasteiger partial charge on any atom is -0.498 e. The van der Waals surface area contributed by atoms with Crippen LogP contribution in [-0.2, 0) is 16.5 Å². The van der Waals surface area contributed by atoms with E-state index in [1.807, 2.05) is 42.8 Å². The molecule has 0 saturated carbocycles. The van der Waals surface area contributed by atoms with E-state index in [0.29, 0.717) is 19.8 Å². The van der Waals surface area contributed by atoms with Crippen LogP contribution in [-0.4, -0.2) is 59.5 Å². The van der Waals surface area contributed by atoms with Crippen molar-refractivity contribution in [1.29, 1.82) is 0 Å². The largest absolute Gasteiger partial charge is 0.498 e. The summed E-state index contributed by atoms with van der Waals surface area (Å²) in [5.41, 5.74) is 4.65. The zero-order valence-electron chi connectivity index (χ0n) is 21.3. The van der Waals surface area contributed by atoms with Gasteiger partial charge < -0.3 is 14.4 Å². The lowest BCUT2D eigenvalue weighted by atomic mass is 10.0. The highest BCUT2D eigenvalue weighted by Gasteiger charge is 2.23. The summed E-state index contributed by atoms with van der Waals surface area (Å²) in [5, 5.41) is 0.970. The molecule has 186 valence electrons. The van der Waals surface area contributed by atoms with Crippen LogP contribution < -0.4 is 5.69 Å². The van der Waals surface area contributed by atoms with E-state index in [0.717, 1.165) is 64.6 Å². The second kappa shape index (κ2) is 11.1. The lowest BCUT2D eigenvalue weighted by Gasteiger charge is -2.23. The fourth-order valence-electron chi connectivity index (χ4n) is 4.64. The molecule has 0 unspecified atom stereocenters. The molecule has 0 radical (unpaired) electrons. The fraction of sp³-hybridized carbons (Fsp3) is 0.429. The average molecular weight is 477 g/mol. The molecule has 0 atom stereocenters. The molecule has 3 aromatic rings. The zero-order valence-corrected chi connectivity index (χ0v) is 21.3. The maximum Gasteiger partial charge on any atom is 0.329 e. The van der Waals surface area contributed by atoms with Gasteiger partial charge in [0.05, 0.1) is 35.1 Å². The first kappa shape index (κ1) is 24.9. The molecule has 3 heterocycles. The Labute approximate surface area is 207 Å². The quantitative estimate of drug-likeness (QED) is 0.255. The molecule has 1 aromatic carbocycles. The number of allylic oxidation sites excluding steroid dienone is 5. The molecule has 0 N–H and O–H groups in total. The molecule has 0 aliphatic carbocycles. The molecule has 1 aliphatic rings. The number of aryl methyl sites for hydroxylation is 1.